The SMILES string of the molecule is O=C(c1ccc(Cl)cc1)N1CCC[C@H](C(=O)N2CCOCC2)C1. The Hall–Kier alpha value is -1.59. The maximum Gasteiger partial charge on any atom is 0.253 e. The van der Waals surface area contributed by atoms with Crippen LogP contribution in [0.3, 0.4) is 0 Å². The van der Waals surface area contributed by atoms with Gasteiger partial charge in [-0.2, -0.15) is 0 Å². The number of amides is 2. The smallest absolute Gasteiger partial charge is 0.253 e. The highest BCUT2D eigenvalue weighted by molar-refractivity contribution is 6.30. The van der Waals surface area contributed by atoms with E-state index in [1.807, 2.05) is 4.90 Å². The predicted molar refractivity (Wildman–Crippen MR) is 87.5 cm³/mol. The fraction of sp³-hybridized carbons (Fsp3) is 0.529. The Morgan fingerprint density at radius 3 is 2.43 bits per heavy atom. The third-order valence-electron chi connectivity index (χ3n) is 4.47. The van der Waals surface area contributed by atoms with Gasteiger partial charge in [-0.1, -0.05) is 11.6 Å². The molecule has 5 nitrogen and oxygen atoms in total. The minimum Gasteiger partial charge on any atom is -0.378 e. The number of rotatable bonds is 2. The first kappa shape index (κ1) is 16.3. The first-order valence-corrected chi connectivity index (χ1v) is 8.44. The molecule has 2 saturated heterocycles. The molecule has 0 spiro atoms. The second-order valence-corrected chi connectivity index (χ2v) is 6.47. The highest BCUT2D eigenvalue weighted by Gasteiger charge is 2.32. The quantitative estimate of drug-likeness (QED) is 0.830. The number of nitrogens with zero attached hydrogens (tertiary/aromatic N) is 2. The van der Waals surface area contributed by atoms with Crippen molar-refractivity contribution >= 4 is 23.4 Å². The van der Waals surface area contributed by atoms with Gasteiger partial charge in [0, 0.05) is 36.8 Å². The molecule has 6 heteroatoms. The van der Waals surface area contributed by atoms with Crippen molar-refractivity contribution in [2.75, 3.05) is 39.4 Å². The number of piperidine rings is 1. The number of hydrogen-bond acceptors (Lipinski definition) is 3. The van der Waals surface area contributed by atoms with Crippen molar-refractivity contribution in [2.24, 2.45) is 5.92 Å². The first-order chi connectivity index (χ1) is 11.1. The zero-order valence-corrected chi connectivity index (χ0v) is 13.8. The standard InChI is InChI=1S/C17H21ClN2O3/c18-15-5-3-13(4-6-15)16(21)20-7-1-2-14(12-20)17(22)19-8-10-23-11-9-19/h3-6,14H,1-2,7-12H2/t14-/m0/s1. The van der Waals surface area contributed by atoms with E-state index in [4.69, 9.17) is 16.3 Å². The molecule has 0 saturated carbocycles. The van der Waals surface area contributed by atoms with Crippen LogP contribution in [0, 0.1) is 5.92 Å². The van der Waals surface area contributed by atoms with Crippen molar-refractivity contribution in [1.82, 2.24) is 9.80 Å². The van der Waals surface area contributed by atoms with E-state index in [2.05, 4.69) is 0 Å². The molecule has 1 aromatic carbocycles. The molecule has 2 fully saturated rings. The second kappa shape index (κ2) is 7.32. The summed E-state index contributed by atoms with van der Waals surface area (Å²) < 4.78 is 5.29. The highest BCUT2D eigenvalue weighted by atomic mass is 35.5. The van der Waals surface area contributed by atoms with Crippen molar-refractivity contribution < 1.29 is 14.3 Å². The Kier molecular flexibility index (Phi) is 5.18. The molecule has 0 N–H and O–H groups in total. The van der Waals surface area contributed by atoms with E-state index in [0.29, 0.717) is 50.0 Å². The summed E-state index contributed by atoms with van der Waals surface area (Å²) in [6.07, 6.45) is 1.71. The van der Waals surface area contributed by atoms with Crippen LogP contribution < -0.4 is 0 Å². The molecule has 3 rings (SSSR count). The van der Waals surface area contributed by atoms with Crippen molar-refractivity contribution in [3.8, 4) is 0 Å². The van der Waals surface area contributed by atoms with Gasteiger partial charge >= 0.3 is 0 Å². The lowest BCUT2D eigenvalue weighted by Crippen LogP contribution is -2.49. The maximum absolute atomic E-state index is 12.6. The number of halogens is 1. The van der Waals surface area contributed by atoms with E-state index in [-0.39, 0.29) is 17.7 Å². The van der Waals surface area contributed by atoms with Crippen molar-refractivity contribution in [1.29, 1.82) is 0 Å². The topological polar surface area (TPSA) is 49.9 Å². The zero-order chi connectivity index (χ0) is 16.2. The monoisotopic (exact) mass is 336 g/mol. The third kappa shape index (κ3) is 3.85. The maximum atomic E-state index is 12.6. The largest absolute Gasteiger partial charge is 0.378 e. The van der Waals surface area contributed by atoms with E-state index in [9.17, 15) is 9.59 Å². The van der Waals surface area contributed by atoms with Gasteiger partial charge in [0.1, 0.15) is 0 Å². The van der Waals surface area contributed by atoms with Gasteiger partial charge in [0.05, 0.1) is 19.1 Å². The van der Waals surface area contributed by atoms with E-state index >= 15 is 0 Å². The number of carbonyl (C=O) groups is 2. The van der Waals surface area contributed by atoms with Gasteiger partial charge in [-0.15, -0.1) is 0 Å². The Bertz CT molecular complexity index is 570. The average Bonchev–Trinajstić information content (AvgIpc) is 2.62. The molecule has 0 aliphatic carbocycles. The Balaban J connectivity index is 1.64. The van der Waals surface area contributed by atoms with Gasteiger partial charge in [0.25, 0.3) is 5.91 Å². The van der Waals surface area contributed by atoms with Crippen LogP contribution in [0.4, 0.5) is 0 Å². The van der Waals surface area contributed by atoms with Crippen LogP contribution in [0.15, 0.2) is 24.3 Å². The van der Waals surface area contributed by atoms with Gasteiger partial charge in [-0.3, -0.25) is 9.59 Å². The Labute approximate surface area is 141 Å². The van der Waals surface area contributed by atoms with Gasteiger partial charge in [0.2, 0.25) is 5.91 Å². The van der Waals surface area contributed by atoms with E-state index in [1.165, 1.54) is 0 Å². The Morgan fingerprint density at radius 1 is 1.04 bits per heavy atom. The van der Waals surface area contributed by atoms with Gasteiger partial charge in [-0.05, 0) is 37.1 Å². The van der Waals surface area contributed by atoms with Crippen LogP contribution in [-0.2, 0) is 9.53 Å². The van der Waals surface area contributed by atoms with Crippen LogP contribution in [0.2, 0.25) is 5.02 Å². The van der Waals surface area contributed by atoms with E-state index in [0.717, 1.165) is 12.8 Å². The summed E-state index contributed by atoms with van der Waals surface area (Å²) in [5.41, 5.74) is 0.619. The molecule has 124 valence electrons. The molecule has 2 heterocycles. The van der Waals surface area contributed by atoms with Crippen molar-refractivity contribution in [3.05, 3.63) is 34.9 Å². The summed E-state index contributed by atoms with van der Waals surface area (Å²) in [4.78, 5) is 28.9. The summed E-state index contributed by atoms with van der Waals surface area (Å²) in [7, 11) is 0. The van der Waals surface area contributed by atoms with Gasteiger partial charge in [0.15, 0.2) is 0 Å². The molecular formula is C17H21ClN2O3. The fourth-order valence-electron chi connectivity index (χ4n) is 3.18. The second-order valence-electron chi connectivity index (χ2n) is 6.03. The summed E-state index contributed by atoms with van der Waals surface area (Å²) in [6.45, 7) is 3.71. The van der Waals surface area contributed by atoms with Crippen LogP contribution >= 0.6 is 11.6 Å². The molecule has 1 aromatic rings. The highest BCUT2D eigenvalue weighted by Crippen LogP contribution is 2.22. The molecule has 0 bridgehead atoms. The molecular weight excluding hydrogens is 316 g/mol. The molecule has 0 unspecified atom stereocenters. The summed E-state index contributed by atoms with van der Waals surface area (Å²) >= 11 is 5.87. The number of likely N-dealkylation sites (tertiary alicyclic amines) is 1. The minimum absolute atomic E-state index is 0.0267. The Morgan fingerprint density at radius 2 is 1.74 bits per heavy atom. The van der Waals surface area contributed by atoms with Gasteiger partial charge < -0.3 is 14.5 Å². The van der Waals surface area contributed by atoms with Crippen LogP contribution in [0.25, 0.3) is 0 Å². The van der Waals surface area contributed by atoms with Crippen LogP contribution in [0.1, 0.15) is 23.2 Å². The molecule has 2 aliphatic heterocycles. The fourth-order valence-corrected chi connectivity index (χ4v) is 3.31. The van der Waals surface area contributed by atoms with E-state index < -0.39 is 0 Å². The minimum atomic E-state index is -0.0990. The van der Waals surface area contributed by atoms with Crippen LogP contribution in [0.5, 0.6) is 0 Å². The lowest BCUT2D eigenvalue weighted by atomic mass is 9.95. The normalized spacial score (nSPS) is 22.0. The van der Waals surface area contributed by atoms with Crippen molar-refractivity contribution in [3.63, 3.8) is 0 Å². The summed E-state index contributed by atoms with van der Waals surface area (Å²) in [6, 6.07) is 6.90. The number of hydrogen-bond donors (Lipinski definition) is 0. The van der Waals surface area contributed by atoms with E-state index in [1.54, 1.807) is 29.2 Å². The number of carbonyl (C=O) groups excluding carboxylic acids is 2. The lowest BCUT2D eigenvalue weighted by molar-refractivity contribution is -0.141. The average molecular weight is 337 g/mol. The zero-order valence-electron chi connectivity index (χ0n) is 13.0. The molecule has 1 atom stereocenters. The number of ether oxygens (including phenoxy) is 1. The molecule has 2 aliphatic rings. The molecule has 0 radical (unpaired) electrons. The third-order valence-corrected chi connectivity index (χ3v) is 4.72. The first-order valence-electron chi connectivity index (χ1n) is 8.06. The predicted octanol–water partition coefficient (Wildman–Crippen LogP) is 2.05. The molecule has 2 amide bonds. The molecule has 23 heavy (non-hydrogen) atoms. The molecule has 0 aromatic heterocycles. The summed E-state index contributed by atoms with van der Waals surface area (Å²) in [5, 5.41) is 0.612. The van der Waals surface area contributed by atoms with Crippen molar-refractivity contribution in [2.45, 2.75) is 12.8 Å². The number of morpholine rings is 1. The number of benzene rings is 1. The lowest BCUT2D eigenvalue weighted by Gasteiger charge is -2.36. The summed E-state index contributed by atoms with van der Waals surface area (Å²) in [5.74, 6) is 0.0288. The van der Waals surface area contributed by atoms with Crippen LogP contribution in [-0.4, -0.2) is 61.0 Å². The van der Waals surface area contributed by atoms with Gasteiger partial charge in [-0.25, -0.2) is 0 Å².